The summed E-state index contributed by atoms with van der Waals surface area (Å²) in [5, 5.41) is 11.9. The molecule has 2 aromatic carbocycles. The number of pyridine rings is 2. The van der Waals surface area contributed by atoms with E-state index in [4.69, 9.17) is 19.2 Å². The number of hydrogen-bond donors (Lipinski definition) is 0. The average Bonchev–Trinajstić information content (AvgIpc) is 3.52. The average molecular weight is 691 g/mol. The summed E-state index contributed by atoms with van der Waals surface area (Å²) in [4.78, 5) is 37.3. The van der Waals surface area contributed by atoms with Gasteiger partial charge in [0.05, 0.1) is 30.0 Å². The number of carbonyl (C=O) groups excluding carboxylic acids is 1. The highest BCUT2D eigenvalue weighted by Gasteiger charge is 2.34. The minimum absolute atomic E-state index is 0.0246. The van der Waals surface area contributed by atoms with E-state index in [0.717, 1.165) is 34.9 Å². The lowest BCUT2D eigenvalue weighted by molar-refractivity contribution is 0.0768. The minimum atomic E-state index is -0.618. The van der Waals surface area contributed by atoms with Gasteiger partial charge in [-0.15, -0.1) is 0 Å². The molecule has 0 bridgehead atoms. The van der Waals surface area contributed by atoms with Crippen LogP contribution in [0.25, 0.3) is 32.9 Å². The number of nitrogens with zero attached hydrogens (tertiary/aromatic N) is 8. The second-order valence-corrected chi connectivity index (χ2v) is 13.1. The summed E-state index contributed by atoms with van der Waals surface area (Å²) in [6.07, 6.45) is 5.40. The Morgan fingerprint density at radius 3 is 2.67 bits per heavy atom. The molecule has 3 aromatic heterocycles. The van der Waals surface area contributed by atoms with Crippen LogP contribution in [0, 0.1) is 24.1 Å². The van der Waals surface area contributed by atoms with Crippen molar-refractivity contribution in [3.63, 3.8) is 0 Å². The van der Waals surface area contributed by atoms with E-state index in [1.807, 2.05) is 67.4 Å². The van der Waals surface area contributed by atoms with Crippen LogP contribution in [0.3, 0.4) is 0 Å². The number of hydrogen-bond acceptors (Lipinski definition) is 11. The highest BCUT2D eigenvalue weighted by molar-refractivity contribution is 6.00. The molecule has 0 saturated carbocycles. The van der Waals surface area contributed by atoms with Gasteiger partial charge in [-0.3, -0.25) is 14.9 Å². The maximum Gasteiger partial charge on any atom is 0.410 e. The van der Waals surface area contributed by atoms with Gasteiger partial charge in [-0.25, -0.2) is 9.18 Å². The molecule has 51 heavy (non-hydrogen) atoms. The fourth-order valence-electron chi connectivity index (χ4n) is 7.05. The largest absolute Gasteiger partial charge is 0.462 e. The monoisotopic (exact) mass is 690 g/mol. The third kappa shape index (κ3) is 6.97. The summed E-state index contributed by atoms with van der Waals surface area (Å²) < 4.78 is 34.2. The van der Waals surface area contributed by atoms with Gasteiger partial charge in [0, 0.05) is 68.9 Å². The van der Waals surface area contributed by atoms with Crippen molar-refractivity contribution in [2.24, 2.45) is 0 Å². The zero-order valence-corrected chi connectivity index (χ0v) is 28.8. The first kappa shape index (κ1) is 34.0. The second-order valence-electron chi connectivity index (χ2n) is 13.1. The van der Waals surface area contributed by atoms with Crippen LogP contribution in [-0.2, 0) is 16.1 Å². The minimum Gasteiger partial charge on any atom is -0.462 e. The Balaban J connectivity index is 1.24. The predicted molar refractivity (Wildman–Crippen MR) is 190 cm³/mol. The van der Waals surface area contributed by atoms with Crippen molar-refractivity contribution in [1.29, 1.82) is 5.26 Å². The number of nitriles is 1. The van der Waals surface area contributed by atoms with E-state index in [-0.39, 0.29) is 62.1 Å². The fourth-order valence-corrected chi connectivity index (χ4v) is 7.05. The number of rotatable bonds is 9. The van der Waals surface area contributed by atoms with Crippen LogP contribution in [0.15, 0.2) is 67.1 Å². The molecule has 5 heterocycles. The number of likely N-dealkylation sites (N-methyl/N-ethyl adjacent to an activating group) is 1. The summed E-state index contributed by atoms with van der Waals surface area (Å²) in [5.41, 5.74) is 2.57. The molecule has 13 heteroatoms. The predicted octanol–water partition coefficient (Wildman–Crippen LogP) is 5.53. The number of aryl methyl sites for hydroxylation is 1. The SMILES string of the molecule is CO[C@@H]1C[C@@H](COc2nc(N3CCN(C(=O)OCc4ccccc4)[C@@H](CC#N)C3)c3cnc(-c4cncc5cccc(C)c45)c(F)c3n2)N(C)C1. The van der Waals surface area contributed by atoms with E-state index in [2.05, 4.69) is 25.9 Å². The third-order valence-electron chi connectivity index (χ3n) is 9.83. The zero-order chi connectivity index (χ0) is 35.5. The molecule has 0 aliphatic carbocycles. The number of aromatic nitrogens is 4. The number of fused-ring (bicyclic) bond motifs is 2. The van der Waals surface area contributed by atoms with Gasteiger partial charge in [0.2, 0.25) is 0 Å². The molecule has 5 aromatic rings. The molecular formula is C38H39FN8O4. The van der Waals surface area contributed by atoms with Gasteiger partial charge in [-0.05, 0) is 36.9 Å². The van der Waals surface area contributed by atoms with Gasteiger partial charge in [0.1, 0.15) is 30.2 Å². The maximum absolute atomic E-state index is 16.8. The van der Waals surface area contributed by atoms with Crippen LogP contribution in [0.1, 0.15) is 24.0 Å². The maximum atomic E-state index is 16.8. The standard InChI is InChI=1S/C38H39FN8O4/c1-24-8-7-11-26-17-41-18-30(32(24)26)34-33(39)35-31(19-42-34)36(44-37(43-35)50-23-28-16-29(49-3)21-45(28)2)46-14-15-47(27(20-46)12-13-40)38(48)51-22-25-9-5-4-6-10-25/h4-11,17-19,27-29H,12,14-16,20-23H2,1-3H3/t27-,28-,29+/m0/s1. The molecular weight excluding hydrogens is 651 g/mol. The Morgan fingerprint density at radius 1 is 1.04 bits per heavy atom. The number of halogens is 1. The number of likely N-dealkylation sites (tertiary alicyclic amines) is 1. The third-order valence-corrected chi connectivity index (χ3v) is 9.83. The fraction of sp³-hybridized carbons (Fsp3) is 0.368. The van der Waals surface area contributed by atoms with Crippen LogP contribution in [0.5, 0.6) is 6.01 Å². The van der Waals surface area contributed by atoms with Crippen molar-refractivity contribution in [1.82, 2.24) is 29.7 Å². The van der Waals surface area contributed by atoms with E-state index >= 15 is 4.39 Å². The van der Waals surface area contributed by atoms with Crippen LogP contribution < -0.4 is 9.64 Å². The molecule has 0 spiro atoms. The van der Waals surface area contributed by atoms with Gasteiger partial charge >= 0.3 is 12.1 Å². The summed E-state index contributed by atoms with van der Waals surface area (Å²) in [7, 11) is 3.71. The molecule has 3 atom stereocenters. The summed E-state index contributed by atoms with van der Waals surface area (Å²) in [6, 6.07) is 17.1. The van der Waals surface area contributed by atoms with E-state index in [9.17, 15) is 10.1 Å². The molecule has 7 rings (SSSR count). The van der Waals surface area contributed by atoms with Crippen LogP contribution in [0.2, 0.25) is 0 Å². The number of benzene rings is 2. The first-order valence-electron chi connectivity index (χ1n) is 17.0. The smallest absolute Gasteiger partial charge is 0.410 e. The molecule has 12 nitrogen and oxygen atoms in total. The van der Waals surface area contributed by atoms with Crippen LogP contribution >= 0.6 is 0 Å². The molecule has 0 unspecified atom stereocenters. The Hall–Kier alpha value is -5.45. The number of carbonyl (C=O) groups is 1. The first-order chi connectivity index (χ1) is 24.8. The molecule has 2 saturated heterocycles. The second kappa shape index (κ2) is 14.8. The van der Waals surface area contributed by atoms with E-state index in [0.29, 0.717) is 23.3 Å². The quantitative estimate of drug-likeness (QED) is 0.194. The molecule has 1 amide bonds. The van der Waals surface area contributed by atoms with Crippen molar-refractivity contribution < 1.29 is 23.4 Å². The van der Waals surface area contributed by atoms with Crippen molar-refractivity contribution in [2.45, 2.75) is 44.6 Å². The summed E-state index contributed by atoms with van der Waals surface area (Å²) >= 11 is 0. The lowest BCUT2D eigenvalue weighted by Gasteiger charge is -2.40. The molecule has 0 radical (unpaired) electrons. The number of ether oxygens (including phenoxy) is 3. The van der Waals surface area contributed by atoms with Gasteiger partial charge < -0.3 is 24.0 Å². The van der Waals surface area contributed by atoms with Gasteiger partial charge in [-0.1, -0.05) is 48.5 Å². The zero-order valence-electron chi connectivity index (χ0n) is 28.8. The number of piperazine rings is 1. The summed E-state index contributed by atoms with van der Waals surface area (Å²) in [6.45, 7) is 4.03. The number of methoxy groups -OCH3 is 1. The van der Waals surface area contributed by atoms with Gasteiger partial charge in [0.15, 0.2) is 5.82 Å². The van der Waals surface area contributed by atoms with Crippen molar-refractivity contribution in [2.75, 3.05) is 51.8 Å². The topological polar surface area (TPSA) is 130 Å². The van der Waals surface area contributed by atoms with Gasteiger partial charge in [0.25, 0.3) is 0 Å². The Labute approximate surface area is 295 Å². The highest BCUT2D eigenvalue weighted by atomic mass is 19.1. The van der Waals surface area contributed by atoms with E-state index < -0.39 is 18.0 Å². The van der Waals surface area contributed by atoms with Gasteiger partial charge in [-0.2, -0.15) is 15.2 Å². The van der Waals surface area contributed by atoms with Crippen LogP contribution in [-0.4, -0.2) is 101 Å². The molecule has 2 aliphatic rings. The Morgan fingerprint density at radius 2 is 1.88 bits per heavy atom. The van der Waals surface area contributed by atoms with E-state index in [1.54, 1.807) is 30.6 Å². The normalized spacial score (nSPS) is 19.4. The van der Waals surface area contributed by atoms with Crippen molar-refractivity contribution in [3.8, 4) is 23.3 Å². The molecule has 2 aliphatic heterocycles. The number of amides is 1. The highest BCUT2D eigenvalue weighted by Crippen LogP contribution is 2.36. The Bertz CT molecular complexity index is 2090. The lowest BCUT2D eigenvalue weighted by atomic mass is 10.00. The summed E-state index contributed by atoms with van der Waals surface area (Å²) in [5.74, 6) is -0.206. The Kier molecular flexibility index (Phi) is 9.87. The molecule has 0 N–H and O–H groups in total. The first-order valence-corrected chi connectivity index (χ1v) is 17.0. The number of anilines is 1. The van der Waals surface area contributed by atoms with Crippen molar-refractivity contribution in [3.05, 3.63) is 84.1 Å². The lowest BCUT2D eigenvalue weighted by Crippen LogP contribution is -2.55. The van der Waals surface area contributed by atoms with Crippen LogP contribution in [0.4, 0.5) is 15.0 Å². The van der Waals surface area contributed by atoms with Crippen molar-refractivity contribution >= 4 is 33.6 Å². The molecule has 2 fully saturated rings. The van der Waals surface area contributed by atoms with E-state index in [1.165, 1.54) is 0 Å². The molecule has 262 valence electrons.